The summed E-state index contributed by atoms with van der Waals surface area (Å²) in [5.41, 5.74) is 0.353. The molecule has 2 fully saturated rings. The lowest BCUT2D eigenvalue weighted by molar-refractivity contribution is 0.0740. The molecule has 1 atom stereocenters. The van der Waals surface area contributed by atoms with Gasteiger partial charge < -0.3 is 19.3 Å². The molecule has 8 heteroatoms. The van der Waals surface area contributed by atoms with Gasteiger partial charge in [0, 0.05) is 45.5 Å². The highest BCUT2D eigenvalue weighted by Gasteiger charge is 2.26. The van der Waals surface area contributed by atoms with Gasteiger partial charge in [0.1, 0.15) is 12.1 Å². The predicted molar refractivity (Wildman–Crippen MR) is 94.8 cm³/mol. The van der Waals surface area contributed by atoms with Gasteiger partial charge in [-0.15, -0.1) is 0 Å². The molecule has 26 heavy (non-hydrogen) atoms. The Labute approximate surface area is 152 Å². The van der Waals surface area contributed by atoms with Crippen molar-refractivity contribution in [1.82, 2.24) is 19.8 Å². The normalized spacial score (nSPS) is 21.3. The van der Waals surface area contributed by atoms with E-state index in [0.717, 1.165) is 31.9 Å². The molecular weight excluding hydrogens is 334 g/mol. The van der Waals surface area contributed by atoms with Gasteiger partial charge in [0.15, 0.2) is 5.69 Å². The van der Waals surface area contributed by atoms with Crippen molar-refractivity contribution in [3.05, 3.63) is 42.2 Å². The van der Waals surface area contributed by atoms with E-state index in [4.69, 9.17) is 4.42 Å². The Kier molecular flexibility index (Phi) is 4.85. The average Bonchev–Trinajstić information content (AvgIpc) is 3.31. The molecule has 8 nitrogen and oxygen atoms in total. The topological polar surface area (TPSA) is 85.9 Å². The maximum absolute atomic E-state index is 12.7. The summed E-state index contributed by atoms with van der Waals surface area (Å²) in [4.78, 5) is 27.4. The van der Waals surface area contributed by atoms with Crippen LogP contribution in [0.2, 0.25) is 0 Å². The van der Waals surface area contributed by atoms with Crippen molar-refractivity contribution in [2.75, 3.05) is 44.2 Å². The molecule has 0 unspecified atom stereocenters. The van der Waals surface area contributed by atoms with Crippen LogP contribution in [-0.4, -0.2) is 76.2 Å². The minimum atomic E-state index is -0.276. The van der Waals surface area contributed by atoms with Gasteiger partial charge in [0.2, 0.25) is 5.89 Å². The van der Waals surface area contributed by atoms with Crippen LogP contribution in [0.3, 0.4) is 0 Å². The van der Waals surface area contributed by atoms with Crippen LogP contribution in [0.1, 0.15) is 22.8 Å². The van der Waals surface area contributed by atoms with Gasteiger partial charge in [-0.25, -0.2) is 9.97 Å². The molecular formula is C18H23N5O3. The molecule has 4 rings (SSSR count). The van der Waals surface area contributed by atoms with Crippen LogP contribution in [0.5, 0.6) is 0 Å². The Morgan fingerprint density at radius 1 is 1.23 bits per heavy atom. The van der Waals surface area contributed by atoms with E-state index in [0.29, 0.717) is 37.8 Å². The van der Waals surface area contributed by atoms with Gasteiger partial charge in [-0.1, -0.05) is 6.07 Å². The van der Waals surface area contributed by atoms with Gasteiger partial charge in [0.25, 0.3) is 5.91 Å². The van der Waals surface area contributed by atoms with E-state index in [9.17, 15) is 9.90 Å². The Morgan fingerprint density at radius 3 is 2.77 bits per heavy atom. The van der Waals surface area contributed by atoms with Gasteiger partial charge in [-0.05, 0) is 18.6 Å². The molecule has 2 aromatic rings. The first-order chi connectivity index (χ1) is 12.7. The van der Waals surface area contributed by atoms with Crippen LogP contribution >= 0.6 is 0 Å². The first-order valence-electron chi connectivity index (χ1n) is 8.99. The van der Waals surface area contributed by atoms with Crippen molar-refractivity contribution in [3.8, 4) is 0 Å². The van der Waals surface area contributed by atoms with Crippen LogP contribution in [0, 0.1) is 0 Å². The number of hydrogen-bond acceptors (Lipinski definition) is 7. The highest BCUT2D eigenvalue weighted by Crippen LogP contribution is 2.16. The molecule has 0 spiro atoms. The zero-order valence-electron chi connectivity index (χ0n) is 14.6. The Morgan fingerprint density at radius 2 is 2.08 bits per heavy atom. The van der Waals surface area contributed by atoms with Crippen LogP contribution in [0.25, 0.3) is 0 Å². The van der Waals surface area contributed by atoms with Crippen molar-refractivity contribution in [2.45, 2.75) is 19.1 Å². The van der Waals surface area contributed by atoms with Crippen molar-refractivity contribution >= 4 is 11.7 Å². The highest BCUT2D eigenvalue weighted by atomic mass is 16.3. The van der Waals surface area contributed by atoms with E-state index in [1.54, 1.807) is 11.1 Å². The van der Waals surface area contributed by atoms with Crippen LogP contribution < -0.4 is 4.90 Å². The van der Waals surface area contributed by atoms with Crippen LogP contribution in [0.4, 0.5) is 5.82 Å². The first-order valence-corrected chi connectivity index (χ1v) is 8.99. The maximum Gasteiger partial charge on any atom is 0.275 e. The number of hydrogen-bond donors (Lipinski definition) is 1. The van der Waals surface area contributed by atoms with E-state index in [1.807, 2.05) is 18.2 Å². The Hall–Kier alpha value is -2.45. The number of carbonyl (C=O) groups is 1. The monoisotopic (exact) mass is 357 g/mol. The summed E-state index contributed by atoms with van der Waals surface area (Å²) in [6.07, 6.45) is 3.72. The lowest BCUT2D eigenvalue weighted by Gasteiger charge is -2.35. The molecule has 0 aromatic carbocycles. The summed E-state index contributed by atoms with van der Waals surface area (Å²) in [5, 5.41) is 9.58. The van der Waals surface area contributed by atoms with Crippen LogP contribution in [-0.2, 0) is 6.54 Å². The van der Waals surface area contributed by atoms with E-state index >= 15 is 0 Å². The largest absolute Gasteiger partial charge is 0.447 e. The first kappa shape index (κ1) is 17.0. The minimum Gasteiger partial charge on any atom is -0.447 e. The molecule has 2 aromatic heterocycles. The summed E-state index contributed by atoms with van der Waals surface area (Å²) in [6, 6.07) is 5.85. The number of aliphatic hydroxyl groups excluding tert-OH is 1. The number of piperazine rings is 1. The van der Waals surface area contributed by atoms with Gasteiger partial charge in [-0.2, -0.15) is 0 Å². The zero-order chi connectivity index (χ0) is 17.9. The van der Waals surface area contributed by atoms with E-state index in [-0.39, 0.29) is 12.0 Å². The lowest BCUT2D eigenvalue weighted by Crippen LogP contribution is -2.49. The number of aromatic nitrogens is 2. The van der Waals surface area contributed by atoms with Crippen molar-refractivity contribution < 1.29 is 14.3 Å². The number of pyridine rings is 1. The molecule has 2 aliphatic rings. The Bertz CT molecular complexity index is 742. The zero-order valence-corrected chi connectivity index (χ0v) is 14.6. The average molecular weight is 357 g/mol. The number of anilines is 1. The van der Waals surface area contributed by atoms with Gasteiger partial charge in [-0.3, -0.25) is 9.69 Å². The molecule has 4 heterocycles. The quantitative estimate of drug-likeness (QED) is 0.857. The third-order valence-corrected chi connectivity index (χ3v) is 4.92. The van der Waals surface area contributed by atoms with E-state index < -0.39 is 0 Å². The molecule has 2 aliphatic heterocycles. The summed E-state index contributed by atoms with van der Waals surface area (Å²) < 4.78 is 5.46. The van der Waals surface area contributed by atoms with E-state index in [1.165, 1.54) is 6.26 Å². The summed E-state index contributed by atoms with van der Waals surface area (Å²) in [7, 11) is 0. The standard InChI is InChI=1S/C18H23N5O3/c24-14-4-6-21(11-14)12-17-20-15(13-26-17)18(25)23-9-7-22(8-10-23)16-3-1-2-5-19-16/h1-3,5,13-14,24H,4,6-12H2/t14-/m0/s1. The number of likely N-dealkylation sites (tertiary alicyclic amines) is 1. The minimum absolute atomic E-state index is 0.0953. The van der Waals surface area contributed by atoms with Crippen molar-refractivity contribution in [1.29, 1.82) is 0 Å². The number of nitrogens with zero attached hydrogens (tertiary/aromatic N) is 5. The second-order valence-corrected chi connectivity index (χ2v) is 6.77. The fourth-order valence-electron chi connectivity index (χ4n) is 3.47. The molecule has 1 amide bonds. The number of rotatable bonds is 4. The second kappa shape index (κ2) is 7.43. The smallest absolute Gasteiger partial charge is 0.275 e. The lowest BCUT2D eigenvalue weighted by atomic mass is 10.2. The molecule has 0 radical (unpaired) electrons. The van der Waals surface area contributed by atoms with Gasteiger partial charge >= 0.3 is 0 Å². The second-order valence-electron chi connectivity index (χ2n) is 6.77. The Balaban J connectivity index is 1.32. The SMILES string of the molecule is O=C(c1coc(CN2CC[C@H](O)C2)n1)N1CCN(c2ccccn2)CC1. The third kappa shape index (κ3) is 3.71. The fraction of sp³-hybridized carbons (Fsp3) is 0.500. The molecule has 138 valence electrons. The fourth-order valence-corrected chi connectivity index (χ4v) is 3.47. The van der Waals surface area contributed by atoms with Crippen LogP contribution in [0.15, 0.2) is 35.1 Å². The highest BCUT2D eigenvalue weighted by molar-refractivity contribution is 5.92. The number of aliphatic hydroxyl groups is 1. The molecule has 0 bridgehead atoms. The number of β-amino-alcohol motifs (C(OH)–C–C–N with tert-alkyl or cyclic N) is 1. The molecule has 2 saturated heterocycles. The van der Waals surface area contributed by atoms with Crippen molar-refractivity contribution in [3.63, 3.8) is 0 Å². The summed E-state index contributed by atoms with van der Waals surface area (Å²) in [6.45, 7) is 4.74. The predicted octanol–water partition coefficient (Wildman–Crippen LogP) is 0.599. The van der Waals surface area contributed by atoms with Crippen molar-refractivity contribution in [2.24, 2.45) is 0 Å². The van der Waals surface area contributed by atoms with Gasteiger partial charge in [0.05, 0.1) is 12.6 Å². The number of oxazole rings is 1. The number of amides is 1. The summed E-state index contributed by atoms with van der Waals surface area (Å²) >= 11 is 0. The molecule has 0 aliphatic carbocycles. The molecule has 0 saturated carbocycles. The maximum atomic E-state index is 12.7. The summed E-state index contributed by atoms with van der Waals surface area (Å²) in [5.74, 6) is 1.37. The number of carbonyl (C=O) groups excluding carboxylic acids is 1. The third-order valence-electron chi connectivity index (χ3n) is 4.92. The molecule has 1 N–H and O–H groups in total. The van der Waals surface area contributed by atoms with E-state index in [2.05, 4.69) is 19.8 Å².